The van der Waals surface area contributed by atoms with Gasteiger partial charge in [0, 0.05) is 24.7 Å². The lowest BCUT2D eigenvalue weighted by Crippen LogP contribution is -2.71. The first-order valence-electron chi connectivity index (χ1n) is 11.8. The Balaban J connectivity index is 1.33. The average Bonchev–Trinajstić information content (AvgIpc) is 3.59. The van der Waals surface area contributed by atoms with E-state index in [9.17, 15) is 29.2 Å². The van der Waals surface area contributed by atoms with E-state index in [4.69, 9.17) is 17.3 Å². The highest BCUT2D eigenvalue weighted by atomic mass is 35.5. The van der Waals surface area contributed by atoms with Gasteiger partial charge in [0.15, 0.2) is 5.13 Å². The number of hydrogen-bond acceptors (Lipinski definition) is 10. The van der Waals surface area contributed by atoms with E-state index in [0.717, 1.165) is 35.7 Å². The summed E-state index contributed by atoms with van der Waals surface area (Å²) in [4.78, 5) is 69.1. The molecule has 0 aliphatic carbocycles. The van der Waals surface area contributed by atoms with E-state index in [1.165, 1.54) is 0 Å². The van der Waals surface area contributed by atoms with Crippen molar-refractivity contribution < 1.29 is 24.3 Å². The second-order valence-corrected chi connectivity index (χ2v) is 10.9. The van der Waals surface area contributed by atoms with Gasteiger partial charge in [-0.3, -0.25) is 19.3 Å². The van der Waals surface area contributed by atoms with Crippen LogP contribution < -0.4 is 16.4 Å². The fourth-order valence-corrected chi connectivity index (χ4v) is 6.39. The zero-order chi connectivity index (χ0) is 26.4. The van der Waals surface area contributed by atoms with Crippen LogP contribution in [-0.4, -0.2) is 81.3 Å². The number of carbonyl (C=O) groups is 4. The summed E-state index contributed by atoms with van der Waals surface area (Å²) in [7, 11) is 0. The molecule has 1 aromatic rings. The second kappa shape index (κ2) is 9.84. The van der Waals surface area contributed by atoms with Crippen molar-refractivity contribution >= 4 is 51.8 Å². The molecular formula is C22H24ClN7O6S. The maximum absolute atomic E-state index is 13.0. The van der Waals surface area contributed by atoms with E-state index in [2.05, 4.69) is 20.8 Å². The number of rotatable bonds is 7. The molecule has 3 fully saturated rings. The molecule has 3 saturated heterocycles. The largest absolute Gasteiger partial charge is 0.477 e. The first kappa shape index (κ1) is 25.3. The maximum Gasteiger partial charge on any atom is 0.352 e. The molecule has 1 aromatic heterocycles. The number of β-lactam (4-membered cyclic amide) rings is 1. The van der Waals surface area contributed by atoms with Gasteiger partial charge < -0.3 is 26.4 Å². The van der Waals surface area contributed by atoms with Crippen LogP contribution in [-0.2, 0) is 19.2 Å². The van der Waals surface area contributed by atoms with Gasteiger partial charge >= 0.3 is 5.97 Å². The lowest BCUT2D eigenvalue weighted by atomic mass is 9.82. The highest BCUT2D eigenvalue weighted by Gasteiger charge is 2.54. The maximum atomic E-state index is 13.0. The number of nitrogen functional groups attached to an aromatic ring is 1. The van der Waals surface area contributed by atoms with Crippen LogP contribution in [0.25, 0.3) is 0 Å². The number of nitrogens with zero attached hydrogens (tertiary/aromatic N) is 4. The SMILES string of the molecule is Nc1nc(C(N=O)C(=O)N[C@@H]2C(=O)N3C(C(=O)O)=C(C=C4CCN(C5CCNC5)C4=O)CCC23)c(Cl)s1. The highest BCUT2D eigenvalue weighted by Crippen LogP contribution is 2.39. The normalized spacial score (nSPS) is 27.4. The van der Waals surface area contributed by atoms with E-state index < -0.39 is 35.9 Å². The number of nitroso groups, excluding NO2 is 1. The Morgan fingerprint density at radius 3 is 2.73 bits per heavy atom. The minimum absolute atomic E-state index is 0.0366. The number of nitrogens with one attached hydrogen (secondary N) is 2. The highest BCUT2D eigenvalue weighted by molar-refractivity contribution is 7.19. The van der Waals surface area contributed by atoms with Gasteiger partial charge in [-0.25, -0.2) is 9.78 Å². The predicted molar refractivity (Wildman–Crippen MR) is 132 cm³/mol. The average molecular weight is 550 g/mol. The van der Waals surface area contributed by atoms with Gasteiger partial charge in [0.2, 0.25) is 11.9 Å². The molecule has 0 spiro atoms. The number of fused-ring (bicyclic) bond motifs is 1. The van der Waals surface area contributed by atoms with Crippen LogP contribution in [0.5, 0.6) is 0 Å². The number of carboxylic acids is 1. The van der Waals surface area contributed by atoms with Crippen LogP contribution in [0.15, 0.2) is 28.1 Å². The summed E-state index contributed by atoms with van der Waals surface area (Å²) in [5, 5.41) is 18.5. The molecular weight excluding hydrogens is 526 g/mol. The van der Waals surface area contributed by atoms with Crippen LogP contribution in [0.4, 0.5) is 5.13 Å². The van der Waals surface area contributed by atoms with Crippen LogP contribution in [0.2, 0.25) is 4.34 Å². The molecule has 3 unspecified atom stereocenters. The monoisotopic (exact) mass is 549 g/mol. The number of allylic oxidation sites excluding steroid dienone is 2. The third-order valence-corrected chi connectivity index (χ3v) is 8.31. The van der Waals surface area contributed by atoms with Crippen molar-refractivity contribution in [2.45, 2.75) is 49.9 Å². The number of halogens is 1. The summed E-state index contributed by atoms with van der Waals surface area (Å²) in [5.41, 5.74) is 6.19. The van der Waals surface area contributed by atoms with E-state index in [-0.39, 0.29) is 32.8 Å². The lowest BCUT2D eigenvalue weighted by Gasteiger charge is -2.50. The number of thiazole rings is 1. The molecule has 5 N–H and O–H groups in total. The minimum atomic E-state index is -1.60. The van der Waals surface area contributed by atoms with Gasteiger partial charge in [0.25, 0.3) is 11.8 Å². The summed E-state index contributed by atoms with van der Waals surface area (Å²) in [6.45, 7) is 2.17. The van der Waals surface area contributed by atoms with Crippen molar-refractivity contribution in [1.82, 2.24) is 25.4 Å². The molecule has 196 valence electrons. The fourth-order valence-electron chi connectivity index (χ4n) is 5.42. The van der Waals surface area contributed by atoms with Gasteiger partial charge in [-0.15, -0.1) is 4.91 Å². The standard InChI is InChI=1S/C22H24ClN7O6S/c23-17-14(27-22(24)37-17)15(28-36)18(31)26-13-12-2-1-9(16(21(34)35)30(12)20(13)33)7-10-4-6-29(19(10)32)11-3-5-25-8-11/h7,11-13,15,25H,1-6,8H2,(H2,24,27)(H,26,31)(H,34,35)/t11?,12?,13-,15?/m0/s1. The van der Waals surface area contributed by atoms with Crippen LogP contribution in [0.3, 0.4) is 0 Å². The summed E-state index contributed by atoms with van der Waals surface area (Å²) in [5.74, 6) is -2.92. The summed E-state index contributed by atoms with van der Waals surface area (Å²) in [6, 6.07) is -3.13. The zero-order valence-electron chi connectivity index (χ0n) is 19.5. The molecule has 0 radical (unpaired) electrons. The Hall–Kier alpha value is -3.36. The van der Waals surface area contributed by atoms with Crippen molar-refractivity contribution in [1.29, 1.82) is 0 Å². The molecule has 4 aliphatic rings. The number of amides is 3. The van der Waals surface area contributed by atoms with E-state index in [1.54, 1.807) is 6.08 Å². The summed E-state index contributed by atoms with van der Waals surface area (Å²) in [6.07, 6.45) is 3.65. The number of anilines is 1. The first-order chi connectivity index (χ1) is 17.7. The van der Waals surface area contributed by atoms with Gasteiger partial charge in [0.1, 0.15) is 21.8 Å². The molecule has 15 heteroatoms. The smallest absolute Gasteiger partial charge is 0.352 e. The Kier molecular flexibility index (Phi) is 6.72. The second-order valence-electron chi connectivity index (χ2n) is 9.26. The molecule has 0 saturated carbocycles. The quantitative estimate of drug-likeness (QED) is 0.214. The number of aromatic nitrogens is 1. The van der Waals surface area contributed by atoms with Gasteiger partial charge in [-0.2, -0.15) is 0 Å². The summed E-state index contributed by atoms with van der Waals surface area (Å²) < 4.78 is 0.0366. The third-order valence-electron chi connectivity index (χ3n) is 7.19. The molecule has 0 aromatic carbocycles. The molecule has 4 aliphatic heterocycles. The zero-order valence-corrected chi connectivity index (χ0v) is 21.0. The lowest BCUT2D eigenvalue weighted by molar-refractivity contribution is -0.156. The first-order valence-corrected chi connectivity index (χ1v) is 13.0. The fraction of sp³-hybridized carbons (Fsp3) is 0.500. The van der Waals surface area contributed by atoms with Gasteiger partial charge in [-0.1, -0.05) is 22.9 Å². The number of carbonyl (C=O) groups excluding carboxylic acids is 3. The number of likely N-dealkylation sites (tertiary alicyclic amines) is 1. The van der Waals surface area contributed by atoms with Crippen LogP contribution in [0.1, 0.15) is 37.4 Å². The van der Waals surface area contributed by atoms with Crippen molar-refractivity contribution in [3.05, 3.63) is 37.9 Å². The Labute approximate surface area is 219 Å². The number of nitrogens with two attached hydrogens (primary N) is 1. The minimum Gasteiger partial charge on any atom is -0.477 e. The van der Waals surface area contributed by atoms with Gasteiger partial charge in [-0.05, 0) is 49.1 Å². The number of carboxylic acid groups (broad SMARTS) is 1. The number of hydrogen-bond donors (Lipinski definition) is 4. The molecule has 5 rings (SSSR count). The van der Waals surface area contributed by atoms with E-state index in [1.807, 2.05) is 4.90 Å². The molecule has 4 atom stereocenters. The van der Waals surface area contributed by atoms with Crippen molar-refractivity contribution in [2.24, 2.45) is 5.18 Å². The number of aliphatic carboxylic acids is 1. The van der Waals surface area contributed by atoms with Crippen LogP contribution in [0, 0.1) is 4.91 Å². The Morgan fingerprint density at radius 1 is 1.32 bits per heavy atom. The van der Waals surface area contributed by atoms with Crippen molar-refractivity contribution in [3.63, 3.8) is 0 Å². The molecule has 3 amide bonds. The van der Waals surface area contributed by atoms with Crippen molar-refractivity contribution in [3.8, 4) is 0 Å². The molecule has 5 heterocycles. The Bertz CT molecular complexity index is 1260. The van der Waals surface area contributed by atoms with Crippen LogP contribution >= 0.6 is 22.9 Å². The Morgan fingerprint density at radius 2 is 2.11 bits per heavy atom. The molecule has 0 bridgehead atoms. The summed E-state index contributed by atoms with van der Waals surface area (Å²) >= 11 is 6.88. The van der Waals surface area contributed by atoms with Crippen molar-refractivity contribution in [2.75, 3.05) is 25.4 Å². The molecule has 37 heavy (non-hydrogen) atoms. The third kappa shape index (κ3) is 4.38. The predicted octanol–water partition coefficient (Wildman–Crippen LogP) is 0.535. The molecule has 13 nitrogen and oxygen atoms in total. The van der Waals surface area contributed by atoms with Gasteiger partial charge in [0.05, 0.1) is 6.04 Å². The topological polar surface area (TPSA) is 187 Å². The van der Waals surface area contributed by atoms with E-state index in [0.29, 0.717) is 37.0 Å². The van der Waals surface area contributed by atoms with E-state index >= 15 is 0 Å².